The number of hydrogen-bond donors (Lipinski definition) is 1. The van der Waals surface area contributed by atoms with Crippen molar-refractivity contribution in [1.29, 1.82) is 5.41 Å². The van der Waals surface area contributed by atoms with Crippen molar-refractivity contribution < 1.29 is 4.79 Å². The number of nitrogens with one attached hydrogen (secondary N) is 1. The molecule has 4 rings (SSSR count). The van der Waals surface area contributed by atoms with Gasteiger partial charge in [-0.1, -0.05) is 65.2 Å². The van der Waals surface area contributed by atoms with Gasteiger partial charge in [0.25, 0.3) is 0 Å². The van der Waals surface area contributed by atoms with Crippen LogP contribution in [0.2, 0.25) is 10.0 Å². The first kappa shape index (κ1) is 19.5. The molecule has 1 aromatic heterocycles. The Morgan fingerprint density at radius 2 is 1.55 bits per heavy atom. The standard InChI is InChI=1S/C23H19Cl2N3O/c1-15-6-8-16(9-7-15)13-27-20-4-2-3-5-21(20)28(23(27)26)14-22(29)17-10-11-18(24)19(25)12-17/h2-12,26H,13-14H2,1H3. The smallest absolute Gasteiger partial charge is 0.203 e. The molecule has 3 aromatic carbocycles. The molecule has 0 radical (unpaired) electrons. The van der Waals surface area contributed by atoms with Crippen LogP contribution in [0.25, 0.3) is 11.0 Å². The van der Waals surface area contributed by atoms with Crippen LogP contribution in [0, 0.1) is 12.3 Å². The number of aryl methyl sites for hydroxylation is 1. The van der Waals surface area contributed by atoms with E-state index in [4.69, 9.17) is 28.6 Å². The summed E-state index contributed by atoms with van der Waals surface area (Å²) in [5.74, 6) is -0.125. The van der Waals surface area contributed by atoms with E-state index in [0.29, 0.717) is 22.2 Å². The van der Waals surface area contributed by atoms with Crippen LogP contribution in [0.5, 0.6) is 0 Å². The maximum atomic E-state index is 12.9. The molecule has 0 aliphatic rings. The molecule has 1 heterocycles. The molecule has 0 aliphatic heterocycles. The van der Waals surface area contributed by atoms with Gasteiger partial charge in [0.05, 0.1) is 34.2 Å². The van der Waals surface area contributed by atoms with Crippen molar-refractivity contribution >= 4 is 40.0 Å². The number of aromatic nitrogens is 2. The summed E-state index contributed by atoms with van der Waals surface area (Å²) < 4.78 is 3.65. The third-order valence-corrected chi connectivity index (χ3v) is 5.72. The molecule has 4 nitrogen and oxygen atoms in total. The lowest BCUT2D eigenvalue weighted by Crippen LogP contribution is -2.27. The average molecular weight is 424 g/mol. The number of carbonyl (C=O) groups excluding carboxylic acids is 1. The Labute approximate surface area is 178 Å². The molecule has 0 aliphatic carbocycles. The second kappa shape index (κ2) is 7.90. The first-order chi connectivity index (χ1) is 13.9. The van der Waals surface area contributed by atoms with Gasteiger partial charge in [0.15, 0.2) is 5.78 Å². The summed E-state index contributed by atoms with van der Waals surface area (Å²) in [7, 11) is 0. The van der Waals surface area contributed by atoms with Gasteiger partial charge in [-0.2, -0.15) is 0 Å². The normalized spacial score (nSPS) is 11.1. The van der Waals surface area contributed by atoms with Gasteiger partial charge in [0, 0.05) is 5.56 Å². The van der Waals surface area contributed by atoms with Crippen molar-refractivity contribution in [3.63, 3.8) is 0 Å². The van der Waals surface area contributed by atoms with Gasteiger partial charge in [-0.05, 0) is 42.8 Å². The third kappa shape index (κ3) is 3.86. The van der Waals surface area contributed by atoms with Gasteiger partial charge in [-0.15, -0.1) is 0 Å². The highest BCUT2D eigenvalue weighted by Crippen LogP contribution is 2.23. The number of fused-ring (bicyclic) bond motifs is 1. The number of imidazole rings is 1. The van der Waals surface area contributed by atoms with Crippen LogP contribution >= 0.6 is 23.2 Å². The van der Waals surface area contributed by atoms with E-state index >= 15 is 0 Å². The molecule has 0 saturated carbocycles. The summed E-state index contributed by atoms with van der Waals surface area (Å²) in [4.78, 5) is 12.9. The Morgan fingerprint density at radius 3 is 2.21 bits per heavy atom. The highest BCUT2D eigenvalue weighted by atomic mass is 35.5. The summed E-state index contributed by atoms with van der Waals surface area (Å²) in [5.41, 5.74) is 4.81. The molecule has 0 spiro atoms. The monoisotopic (exact) mass is 423 g/mol. The Hall–Kier alpha value is -2.82. The van der Waals surface area contributed by atoms with Crippen LogP contribution in [0.4, 0.5) is 0 Å². The molecule has 1 N–H and O–H groups in total. The van der Waals surface area contributed by atoms with Crippen molar-refractivity contribution in [1.82, 2.24) is 9.13 Å². The predicted octanol–water partition coefficient (Wildman–Crippen LogP) is 5.47. The quantitative estimate of drug-likeness (QED) is 0.425. The van der Waals surface area contributed by atoms with E-state index in [1.54, 1.807) is 22.8 Å². The summed E-state index contributed by atoms with van der Waals surface area (Å²) in [6, 6.07) is 20.9. The maximum Gasteiger partial charge on any atom is 0.203 e. The predicted molar refractivity (Wildman–Crippen MR) is 117 cm³/mol. The van der Waals surface area contributed by atoms with Crippen molar-refractivity contribution in [2.75, 3.05) is 0 Å². The van der Waals surface area contributed by atoms with E-state index in [2.05, 4.69) is 24.3 Å². The molecule has 0 amide bonds. The lowest BCUT2D eigenvalue weighted by Gasteiger charge is -2.06. The van der Waals surface area contributed by atoms with Gasteiger partial charge in [0.2, 0.25) is 5.62 Å². The highest BCUT2D eigenvalue weighted by molar-refractivity contribution is 6.42. The zero-order valence-corrected chi connectivity index (χ0v) is 17.3. The number of carbonyl (C=O) groups is 1. The molecule has 0 bridgehead atoms. The van der Waals surface area contributed by atoms with Crippen molar-refractivity contribution in [2.24, 2.45) is 0 Å². The summed E-state index contributed by atoms with van der Waals surface area (Å²) in [6.07, 6.45) is 0. The van der Waals surface area contributed by atoms with Crippen LogP contribution in [-0.4, -0.2) is 14.9 Å². The van der Waals surface area contributed by atoms with E-state index in [9.17, 15) is 4.79 Å². The summed E-state index contributed by atoms with van der Waals surface area (Å²) in [5, 5.41) is 9.48. The SMILES string of the molecule is Cc1ccc(Cn2c(=N)n(CC(=O)c3ccc(Cl)c(Cl)c3)c3ccccc32)cc1. The van der Waals surface area contributed by atoms with Crippen molar-refractivity contribution in [3.8, 4) is 0 Å². The van der Waals surface area contributed by atoms with Crippen LogP contribution in [0.15, 0.2) is 66.7 Å². The Kier molecular flexibility index (Phi) is 5.31. The lowest BCUT2D eigenvalue weighted by molar-refractivity contribution is 0.0971. The topological polar surface area (TPSA) is 50.8 Å². The Balaban J connectivity index is 1.74. The summed E-state index contributed by atoms with van der Waals surface area (Å²) >= 11 is 12.0. The fourth-order valence-electron chi connectivity index (χ4n) is 3.40. The van der Waals surface area contributed by atoms with Gasteiger partial charge in [-0.3, -0.25) is 10.2 Å². The van der Waals surface area contributed by atoms with Gasteiger partial charge in [-0.25, -0.2) is 0 Å². The van der Waals surface area contributed by atoms with Gasteiger partial charge >= 0.3 is 0 Å². The highest BCUT2D eigenvalue weighted by Gasteiger charge is 2.15. The van der Waals surface area contributed by atoms with E-state index in [1.807, 2.05) is 35.8 Å². The van der Waals surface area contributed by atoms with E-state index < -0.39 is 0 Å². The molecular formula is C23H19Cl2N3O. The molecule has 0 unspecified atom stereocenters. The lowest BCUT2D eigenvalue weighted by atomic mass is 10.1. The van der Waals surface area contributed by atoms with Crippen LogP contribution in [0.1, 0.15) is 21.5 Å². The largest absolute Gasteiger partial charge is 0.306 e. The zero-order valence-electron chi connectivity index (χ0n) is 15.8. The van der Waals surface area contributed by atoms with E-state index in [0.717, 1.165) is 16.6 Å². The molecular weight excluding hydrogens is 405 g/mol. The molecule has 29 heavy (non-hydrogen) atoms. The molecule has 0 fully saturated rings. The Bertz CT molecular complexity index is 1270. The fourth-order valence-corrected chi connectivity index (χ4v) is 3.69. The van der Waals surface area contributed by atoms with Gasteiger partial charge < -0.3 is 9.13 Å². The number of rotatable bonds is 5. The molecule has 0 atom stereocenters. The minimum atomic E-state index is -0.125. The van der Waals surface area contributed by atoms with Crippen LogP contribution in [0.3, 0.4) is 0 Å². The number of nitrogens with zero attached hydrogens (tertiary/aromatic N) is 2. The van der Waals surface area contributed by atoms with E-state index in [-0.39, 0.29) is 17.9 Å². The van der Waals surface area contributed by atoms with Crippen molar-refractivity contribution in [3.05, 3.63) is 99.1 Å². The second-order valence-electron chi connectivity index (χ2n) is 7.02. The van der Waals surface area contributed by atoms with Gasteiger partial charge in [0.1, 0.15) is 0 Å². The molecule has 0 saturated heterocycles. The second-order valence-corrected chi connectivity index (χ2v) is 7.84. The molecule has 146 valence electrons. The average Bonchev–Trinajstić information content (AvgIpc) is 2.97. The van der Waals surface area contributed by atoms with E-state index in [1.165, 1.54) is 5.56 Å². The number of benzene rings is 3. The van der Waals surface area contributed by atoms with Crippen molar-refractivity contribution in [2.45, 2.75) is 20.0 Å². The molecule has 6 heteroatoms. The van der Waals surface area contributed by atoms with Crippen LogP contribution < -0.4 is 5.62 Å². The minimum absolute atomic E-state index is 0.0538. The number of para-hydroxylation sites is 2. The van der Waals surface area contributed by atoms with Crippen LogP contribution in [-0.2, 0) is 13.1 Å². The Morgan fingerprint density at radius 1 is 0.897 bits per heavy atom. The number of Topliss-reactive ketones (excluding diaryl/α,β-unsaturated/α-hetero) is 1. The number of halogens is 2. The minimum Gasteiger partial charge on any atom is -0.306 e. The number of hydrogen-bond acceptors (Lipinski definition) is 2. The summed E-state index contributed by atoms with van der Waals surface area (Å²) in [6.45, 7) is 2.67. The zero-order chi connectivity index (χ0) is 20.5. The third-order valence-electron chi connectivity index (χ3n) is 4.98. The molecule has 4 aromatic rings. The maximum absolute atomic E-state index is 12.9. The first-order valence-corrected chi connectivity index (χ1v) is 9.96. The number of ketones is 1. The fraction of sp³-hybridized carbons (Fsp3) is 0.130. The first-order valence-electron chi connectivity index (χ1n) is 9.20.